The maximum absolute atomic E-state index is 13.0. The smallest absolute Gasteiger partial charge is 0.319 e. The standard InChI is InChI=1S/C24H22N4O3S/c1-24(18-8-3-2-4-9-18)21(30)28(23(31)27-24)13-20(29)26-22-25-19(14-32-22)17-11-10-15-6-5-7-16(15)12-17/h2-4,8-12,14H,5-7,13H2,1H3,(H,27,31)(H,25,26,29). The highest BCUT2D eigenvalue weighted by atomic mass is 32.1. The Balaban J connectivity index is 1.26. The zero-order chi connectivity index (χ0) is 22.3. The van der Waals surface area contributed by atoms with Crippen molar-refractivity contribution >= 4 is 34.3 Å². The largest absolute Gasteiger partial charge is 0.325 e. The molecule has 32 heavy (non-hydrogen) atoms. The third kappa shape index (κ3) is 3.56. The second-order valence-electron chi connectivity index (χ2n) is 8.24. The second-order valence-corrected chi connectivity index (χ2v) is 9.09. The molecule has 1 fully saturated rings. The highest BCUT2D eigenvalue weighted by molar-refractivity contribution is 7.14. The summed E-state index contributed by atoms with van der Waals surface area (Å²) in [7, 11) is 0. The average Bonchev–Trinajstić information content (AvgIpc) is 3.50. The number of aromatic nitrogens is 1. The lowest BCUT2D eigenvalue weighted by atomic mass is 9.92. The van der Waals surface area contributed by atoms with Crippen molar-refractivity contribution in [2.24, 2.45) is 0 Å². The van der Waals surface area contributed by atoms with Crippen LogP contribution in [0.3, 0.4) is 0 Å². The number of nitrogens with one attached hydrogen (secondary N) is 2. The van der Waals surface area contributed by atoms with Crippen LogP contribution < -0.4 is 10.6 Å². The summed E-state index contributed by atoms with van der Waals surface area (Å²) in [5.41, 5.74) is 4.05. The summed E-state index contributed by atoms with van der Waals surface area (Å²) in [6.07, 6.45) is 3.40. The monoisotopic (exact) mass is 446 g/mol. The third-order valence-electron chi connectivity index (χ3n) is 6.07. The lowest BCUT2D eigenvalue weighted by Gasteiger charge is -2.21. The molecule has 1 aliphatic carbocycles. The van der Waals surface area contributed by atoms with E-state index in [9.17, 15) is 14.4 Å². The summed E-state index contributed by atoms with van der Waals surface area (Å²) in [4.78, 5) is 43.4. The molecule has 1 aliphatic heterocycles. The molecule has 1 aromatic heterocycles. The number of imide groups is 1. The van der Waals surface area contributed by atoms with Crippen molar-refractivity contribution in [1.82, 2.24) is 15.2 Å². The van der Waals surface area contributed by atoms with E-state index in [0.29, 0.717) is 10.7 Å². The molecule has 2 N–H and O–H groups in total. The first-order chi connectivity index (χ1) is 15.4. The fourth-order valence-corrected chi connectivity index (χ4v) is 5.04. The van der Waals surface area contributed by atoms with E-state index in [2.05, 4.69) is 33.8 Å². The number of carbonyl (C=O) groups excluding carboxylic acids is 3. The number of aryl methyl sites for hydroxylation is 2. The minimum atomic E-state index is -1.19. The number of carbonyl (C=O) groups is 3. The summed E-state index contributed by atoms with van der Waals surface area (Å²) in [6.45, 7) is 1.27. The molecular formula is C24H22N4O3S. The van der Waals surface area contributed by atoms with Gasteiger partial charge in [-0.05, 0) is 48.9 Å². The van der Waals surface area contributed by atoms with E-state index in [1.165, 1.54) is 28.9 Å². The number of benzene rings is 2. The zero-order valence-corrected chi connectivity index (χ0v) is 18.4. The normalized spacial score (nSPS) is 19.7. The van der Waals surface area contributed by atoms with Gasteiger partial charge < -0.3 is 10.6 Å². The summed E-state index contributed by atoms with van der Waals surface area (Å²) >= 11 is 1.32. The molecule has 2 heterocycles. The zero-order valence-electron chi connectivity index (χ0n) is 17.6. The minimum absolute atomic E-state index is 0.374. The predicted molar refractivity (Wildman–Crippen MR) is 122 cm³/mol. The van der Waals surface area contributed by atoms with Crippen LogP contribution in [0.5, 0.6) is 0 Å². The molecule has 0 radical (unpaired) electrons. The van der Waals surface area contributed by atoms with Crippen LogP contribution in [-0.2, 0) is 28.0 Å². The Kier molecular flexibility index (Phi) is 5.01. The van der Waals surface area contributed by atoms with E-state index in [1.807, 2.05) is 11.4 Å². The number of anilines is 1. The molecular weight excluding hydrogens is 424 g/mol. The van der Waals surface area contributed by atoms with Crippen LogP contribution >= 0.6 is 11.3 Å². The van der Waals surface area contributed by atoms with Crippen molar-refractivity contribution in [2.75, 3.05) is 11.9 Å². The molecule has 2 aromatic carbocycles. The Morgan fingerprint density at radius 3 is 2.75 bits per heavy atom. The highest BCUT2D eigenvalue weighted by Gasteiger charge is 2.49. The van der Waals surface area contributed by atoms with Gasteiger partial charge in [0.15, 0.2) is 5.13 Å². The van der Waals surface area contributed by atoms with Gasteiger partial charge in [-0.3, -0.25) is 14.5 Å². The Morgan fingerprint density at radius 1 is 1.16 bits per heavy atom. The van der Waals surface area contributed by atoms with Crippen LogP contribution in [0.25, 0.3) is 11.3 Å². The predicted octanol–water partition coefficient (Wildman–Crippen LogP) is 3.70. The van der Waals surface area contributed by atoms with Crippen LogP contribution in [0.1, 0.15) is 30.0 Å². The number of thiazole rings is 1. The SMILES string of the molecule is CC1(c2ccccc2)NC(=O)N(CC(=O)Nc2nc(-c3ccc4c(c3)CCC4)cs2)C1=O. The van der Waals surface area contributed by atoms with Crippen LogP contribution in [0, 0.1) is 0 Å². The van der Waals surface area contributed by atoms with Crippen LogP contribution in [0.4, 0.5) is 9.93 Å². The Bertz CT molecular complexity index is 1220. The Morgan fingerprint density at radius 2 is 1.94 bits per heavy atom. The van der Waals surface area contributed by atoms with Crippen molar-refractivity contribution in [3.63, 3.8) is 0 Å². The maximum atomic E-state index is 13.0. The summed E-state index contributed by atoms with van der Waals surface area (Å²) in [6, 6.07) is 14.8. The fourth-order valence-electron chi connectivity index (χ4n) is 4.30. The molecule has 1 atom stereocenters. The fraction of sp³-hybridized carbons (Fsp3) is 0.250. The van der Waals surface area contributed by atoms with E-state index in [0.717, 1.165) is 29.0 Å². The van der Waals surface area contributed by atoms with E-state index < -0.39 is 23.4 Å². The molecule has 2 aliphatic rings. The Labute approximate surface area is 189 Å². The summed E-state index contributed by atoms with van der Waals surface area (Å²) in [5, 5.41) is 7.75. The molecule has 162 valence electrons. The van der Waals surface area contributed by atoms with Gasteiger partial charge >= 0.3 is 6.03 Å². The van der Waals surface area contributed by atoms with Gasteiger partial charge in [0.25, 0.3) is 5.91 Å². The van der Waals surface area contributed by atoms with Gasteiger partial charge in [-0.1, -0.05) is 42.5 Å². The first kappa shape index (κ1) is 20.4. The summed E-state index contributed by atoms with van der Waals surface area (Å²) < 4.78 is 0. The molecule has 7 nitrogen and oxygen atoms in total. The van der Waals surface area contributed by atoms with Crippen molar-refractivity contribution in [2.45, 2.75) is 31.7 Å². The molecule has 8 heteroatoms. The third-order valence-corrected chi connectivity index (χ3v) is 6.83. The molecule has 0 bridgehead atoms. The number of hydrogen-bond donors (Lipinski definition) is 2. The summed E-state index contributed by atoms with van der Waals surface area (Å²) in [5.74, 6) is -0.928. The number of urea groups is 1. The first-order valence-electron chi connectivity index (χ1n) is 10.5. The molecule has 3 aromatic rings. The molecule has 0 saturated carbocycles. The van der Waals surface area contributed by atoms with Gasteiger partial charge in [-0.15, -0.1) is 11.3 Å². The second kappa shape index (κ2) is 7.87. The number of nitrogens with zero attached hydrogens (tertiary/aromatic N) is 2. The molecule has 4 amide bonds. The first-order valence-corrected chi connectivity index (χ1v) is 11.4. The van der Waals surface area contributed by atoms with Gasteiger partial charge in [-0.25, -0.2) is 9.78 Å². The van der Waals surface area contributed by atoms with E-state index in [-0.39, 0.29) is 6.54 Å². The number of rotatable bonds is 5. The lowest BCUT2D eigenvalue weighted by Crippen LogP contribution is -2.42. The molecule has 0 spiro atoms. The van der Waals surface area contributed by atoms with Crippen LogP contribution in [-0.4, -0.2) is 34.3 Å². The van der Waals surface area contributed by atoms with Crippen LogP contribution in [0.15, 0.2) is 53.9 Å². The average molecular weight is 447 g/mol. The lowest BCUT2D eigenvalue weighted by molar-refractivity contribution is -0.133. The van der Waals surface area contributed by atoms with Gasteiger partial charge in [0.1, 0.15) is 12.1 Å². The number of hydrogen-bond acceptors (Lipinski definition) is 5. The van der Waals surface area contributed by atoms with Gasteiger partial charge in [0, 0.05) is 10.9 Å². The highest BCUT2D eigenvalue weighted by Crippen LogP contribution is 2.31. The molecule has 1 saturated heterocycles. The van der Waals surface area contributed by atoms with E-state index >= 15 is 0 Å². The maximum Gasteiger partial charge on any atom is 0.325 e. The topological polar surface area (TPSA) is 91.4 Å². The van der Waals surface area contributed by atoms with Gasteiger partial charge in [-0.2, -0.15) is 0 Å². The van der Waals surface area contributed by atoms with E-state index in [1.54, 1.807) is 31.2 Å². The van der Waals surface area contributed by atoms with Crippen molar-refractivity contribution < 1.29 is 14.4 Å². The van der Waals surface area contributed by atoms with Gasteiger partial charge in [0.05, 0.1) is 5.69 Å². The van der Waals surface area contributed by atoms with Crippen molar-refractivity contribution in [3.8, 4) is 11.3 Å². The number of amides is 4. The molecule has 1 unspecified atom stereocenters. The Hall–Kier alpha value is -3.52. The van der Waals surface area contributed by atoms with E-state index in [4.69, 9.17) is 0 Å². The van der Waals surface area contributed by atoms with Crippen molar-refractivity contribution in [3.05, 3.63) is 70.6 Å². The van der Waals surface area contributed by atoms with Crippen molar-refractivity contribution in [1.29, 1.82) is 0 Å². The van der Waals surface area contributed by atoms with Crippen LogP contribution in [0.2, 0.25) is 0 Å². The minimum Gasteiger partial charge on any atom is -0.319 e. The molecule has 5 rings (SSSR count). The number of fused-ring (bicyclic) bond motifs is 1. The van der Waals surface area contributed by atoms with Gasteiger partial charge in [0.2, 0.25) is 5.91 Å². The quantitative estimate of drug-likeness (QED) is 0.585.